The molecule has 0 amide bonds. The highest BCUT2D eigenvalue weighted by molar-refractivity contribution is 6.33. The molecule has 1 aromatic rings. The minimum atomic E-state index is -0.478. The van der Waals surface area contributed by atoms with Gasteiger partial charge in [-0.25, -0.2) is 0 Å². The van der Waals surface area contributed by atoms with E-state index in [1.807, 2.05) is 6.07 Å². The van der Waals surface area contributed by atoms with Crippen LogP contribution in [0.5, 0.6) is 11.5 Å². The van der Waals surface area contributed by atoms with Crippen LogP contribution >= 0.6 is 11.6 Å². The number of aliphatic hydroxyl groups excluding tert-OH is 1. The molecule has 3 rings (SSSR count). The number of aliphatic hydroxyl groups is 1. The first kappa shape index (κ1) is 13.1. The van der Waals surface area contributed by atoms with Gasteiger partial charge in [0, 0.05) is 5.56 Å². The van der Waals surface area contributed by atoms with Crippen molar-refractivity contribution < 1.29 is 14.6 Å². The first-order chi connectivity index (χ1) is 9.19. The molecule has 0 bridgehead atoms. The van der Waals surface area contributed by atoms with Crippen LogP contribution in [0.4, 0.5) is 0 Å². The standard InChI is InChI=1S/C15H19ClO3/c1-18-11-7-6-10(15(19-2)13(11)16)14(17)12-8-4-3-5-9(8)12/h6-9,12,14,17H,3-5H2,1-2H3. The van der Waals surface area contributed by atoms with Crippen molar-refractivity contribution in [3.8, 4) is 11.5 Å². The highest BCUT2D eigenvalue weighted by Gasteiger charge is 2.56. The highest BCUT2D eigenvalue weighted by Crippen LogP contribution is 2.63. The number of methoxy groups -OCH3 is 2. The third kappa shape index (κ3) is 2.00. The summed E-state index contributed by atoms with van der Waals surface area (Å²) in [5.74, 6) is 2.89. The van der Waals surface area contributed by atoms with Crippen molar-refractivity contribution in [1.82, 2.24) is 0 Å². The number of benzene rings is 1. The van der Waals surface area contributed by atoms with Gasteiger partial charge in [-0.2, -0.15) is 0 Å². The second-order valence-corrected chi connectivity index (χ2v) is 5.86. The molecule has 3 atom stereocenters. The zero-order valence-electron chi connectivity index (χ0n) is 11.2. The predicted octanol–water partition coefficient (Wildman–Crippen LogP) is 3.44. The number of rotatable bonds is 4. The summed E-state index contributed by atoms with van der Waals surface area (Å²) in [4.78, 5) is 0. The molecule has 19 heavy (non-hydrogen) atoms. The van der Waals surface area contributed by atoms with E-state index in [-0.39, 0.29) is 0 Å². The van der Waals surface area contributed by atoms with Crippen LogP contribution in [-0.2, 0) is 0 Å². The first-order valence-electron chi connectivity index (χ1n) is 6.77. The van der Waals surface area contributed by atoms with Crippen LogP contribution < -0.4 is 9.47 Å². The van der Waals surface area contributed by atoms with Gasteiger partial charge in [-0.05, 0) is 42.7 Å². The number of hydrogen-bond donors (Lipinski definition) is 1. The van der Waals surface area contributed by atoms with E-state index in [0.29, 0.717) is 34.3 Å². The van der Waals surface area contributed by atoms with Crippen molar-refractivity contribution in [3.05, 3.63) is 22.7 Å². The highest BCUT2D eigenvalue weighted by atomic mass is 35.5. The molecular weight excluding hydrogens is 264 g/mol. The maximum absolute atomic E-state index is 10.6. The van der Waals surface area contributed by atoms with Gasteiger partial charge in [-0.1, -0.05) is 18.0 Å². The van der Waals surface area contributed by atoms with Crippen LogP contribution in [0.2, 0.25) is 5.02 Å². The van der Waals surface area contributed by atoms with E-state index >= 15 is 0 Å². The lowest BCUT2D eigenvalue weighted by Crippen LogP contribution is -2.07. The summed E-state index contributed by atoms with van der Waals surface area (Å²) in [6.07, 6.45) is 3.32. The summed E-state index contributed by atoms with van der Waals surface area (Å²) < 4.78 is 10.5. The maximum atomic E-state index is 10.6. The topological polar surface area (TPSA) is 38.7 Å². The minimum absolute atomic E-state index is 0.382. The van der Waals surface area contributed by atoms with Crippen LogP contribution in [0.3, 0.4) is 0 Å². The van der Waals surface area contributed by atoms with E-state index in [1.165, 1.54) is 19.3 Å². The summed E-state index contributed by atoms with van der Waals surface area (Å²) in [5.41, 5.74) is 0.785. The lowest BCUT2D eigenvalue weighted by molar-refractivity contribution is 0.133. The molecule has 2 saturated carbocycles. The van der Waals surface area contributed by atoms with E-state index < -0.39 is 6.10 Å². The van der Waals surface area contributed by atoms with Crippen LogP contribution in [0.1, 0.15) is 30.9 Å². The fourth-order valence-electron chi connectivity index (χ4n) is 3.70. The first-order valence-corrected chi connectivity index (χ1v) is 7.15. The zero-order valence-corrected chi connectivity index (χ0v) is 12.0. The van der Waals surface area contributed by atoms with Crippen molar-refractivity contribution in [3.63, 3.8) is 0 Å². The van der Waals surface area contributed by atoms with Crippen molar-refractivity contribution >= 4 is 11.6 Å². The Bertz CT molecular complexity index is 479. The van der Waals surface area contributed by atoms with Gasteiger partial charge in [0.05, 0.1) is 20.3 Å². The average Bonchev–Trinajstić information content (AvgIpc) is 2.90. The molecule has 1 aromatic carbocycles. The number of fused-ring (bicyclic) bond motifs is 1. The Labute approximate surface area is 118 Å². The average molecular weight is 283 g/mol. The second-order valence-electron chi connectivity index (χ2n) is 5.49. The Morgan fingerprint density at radius 2 is 1.89 bits per heavy atom. The maximum Gasteiger partial charge on any atom is 0.147 e. The molecule has 3 nitrogen and oxygen atoms in total. The van der Waals surface area contributed by atoms with Gasteiger partial charge in [-0.15, -0.1) is 0 Å². The molecule has 3 unspecified atom stereocenters. The van der Waals surface area contributed by atoms with Gasteiger partial charge in [0.25, 0.3) is 0 Å². The van der Waals surface area contributed by atoms with Crippen LogP contribution in [0.25, 0.3) is 0 Å². The van der Waals surface area contributed by atoms with Crippen LogP contribution in [0.15, 0.2) is 12.1 Å². The summed E-state index contributed by atoms with van der Waals surface area (Å²) in [6, 6.07) is 3.66. The fourth-order valence-corrected chi connectivity index (χ4v) is 4.03. The molecule has 1 N–H and O–H groups in total. The Kier molecular flexibility index (Phi) is 3.35. The smallest absolute Gasteiger partial charge is 0.147 e. The third-order valence-electron chi connectivity index (χ3n) is 4.67. The fraction of sp³-hybridized carbons (Fsp3) is 0.600. The van der Waals surface area contributed by atoms with Gasteiger partial charge in [0.15, 0.2) is 0 Å². The molecule has 4 heteroatoms. The van der Waals surface area contributed by atoms with E-state index in [0.717, 1.165) is 5.56 Å². The quantitative estimate of drug-likeness (QED) is 0.919. The summed E-state index contributed by atoms with van der Waals surface area (Å²) in [7, 11) is 3.15. The molecule has 0 heterocycles. The van der Waals surface area contributed by atoms with Crippen LogP contribution in [0, 0.1) is 17.8 Å². The number of hydrogen-bond acceptors (Lipinski definition) is 3. The molecule has 0 aliphatic heterocycles. The van der Waals surface area contributed by atoms with Crippen molar-refractivity contribution in [1.29, 1.82) is 0 Å². The van der Waals surface area contributed by atoms with E-state index in [9.17, 15) is 5.11 Å². The van der Waals surface area contributed by atoms with Gasteiger partial charge in [0.2, 0.25) is 0 Å². The van der Waals surface area contributed by atoms with E-state index in [2.05, 4.69) is 0 Å². The van der Waals surface area contributed by atoms with Crippen molar-refractivity contribution in [2.45, 2.75) is 25.4 Å². The zero-order chi connectivity index (χ0) is 13.6. The Morgan fingerprint density at radius 1 is 1.21 bits per heavy atom. The lowest BCUT2D eigenvalue weighted by atomic mass is 9.98. The molecule has 0 saturated heterocycles. The van der Waals surface area contributed by atoms with Crippen molar-refractivity contribution in [2.75, 3.05) is 14.2 Å². The van der Waals surface area contributed by atoms with Crippen LogP contribution in [-0.4, -0.2) is 19.3 Å². The van der Waals surface area contributed by atoms with E-state index in [1.54, 1.807) is 20.3 Å². The Hall–Kier alpha value is -0.930. The molecule has 0 aromatic heterocycles. The monoisotopic (exact) mass is 282 g/mol. The van der Waals surface area contributed by atoms with Gasteiger partial charge >= 0.3 is 0 Å². The minimum Gasteiger partial charge on any atom is -0.495 e. The molecule has 2 aliphatic carbocycles. The molecule has 104 valence electrons. The van der Waals surface area contributed by atoms with Gasteiger partial charge in [0.1, 0.15) is 16.5 Å². The summed E-state index contributed by atoms with van der Waals surface area (Å²) >= 11 is 6.24. The van der Waals surface area contributed by atoms with Gasteiger partial charge < -0.3 is 14.6 Å². The molecular formula is C15H19ClO3. The number of halogens is 1. The normalized spacial score (nSPS) is 29.8. The number of ether oxygens (including phenoxy) is 2. The predicted molar refractivity (Wildman–Crippen MR) is 73.8 cm³/mol. The molecule has 0 spiro atoms. The largest absolute Gasteiger partial charge is 0.495 e. The Balaban J connectivity index is 1.90. The van der Waals surface area contributed by atoms with Crippen molar-refractivity contribution in [2.24, 2.45) is 17.8 Å². The third-order valence-corrected chi connectivity index (χ3v) is 5.03. The molecule has 0 radical (unpaired) electrons. The van der Waals surface area contributed by atoms with E-state index in [4.69, 9.17) is 21.1 Å². The summed E-state index contributed by atoms with van der Waals surface area (Å²) in [5, 5.41) is 11.0. The lowest BCUT2D eigenvalue weighted by Gasteiger charge is -2.18. The van der Waals surface area contributed by atoms with Gasteiger partial charge in [-0.3, -0.25) is 0 Å². The Morgan fingerprint density at radius 3 is 2.47 bits per heavy atom. The second kappa shape index (κ2) is 4.88. The molecule has 2 fully saturated rings. The summed E-state index contributed by atoms with van der Waals surface area (Å²) in [6.45, 7) is 0. The SMILES string of the molecule is COc1ccc(C(O)C2C3CCCC32)c(OC)c1Cl. The molecule has 2 aliphatic rings.